The zero-order valence-electron chi connectivity index (χ0n) is 10.3. The highest BCUT2D eigenvalue weighted by atomic mass is 35.5. The van der Waals surface area contributed by atoms with Crippen molar-refractivity contribution in [2.45, 2.75) is 19.2 Å². The Balaban J connectivity index is 2.25. The summed E-state index contributed by atoms with van der Waals surface area (Å²) in [6, 6.07) is 7.25. The molecule has 0 N–H and O–H groups in total. The molecule has 1 heterocycles. The van der Waals surface area contributed by atoms with Gasteiger partial charge in [0, 0.05) is 23.2 Å². The van der Waals surface area contributed by atoms with Crippen LogP contribution in [0.5, 0.6) is 11.6 Å². The van der Waals surface area contributed by atoms with Gasteiger partial charge in [0.2, 0.25) is 5.88 Å². The van der Waals surface area contributed by atoms with Gasteiger partial charge in [0.05, 0.1) is 5.02 Å². The van der Waals surface area contributed by atoms with Crippen molar-refractivity contribution in [1.82, 2.24) is 4.98 Å². The van der Waals surface area contributed by atoms with Crippen LogP contribution in [-0.4, -0.2) is 4.98 Å². The first-order chi connectivity index (χ1) is 9.13. The predicted molar refractivity (Wildman–Crippen MR) is 79.7 cm³/mol. The van der Waals surface area contributed by atoms with E-state index in [1.165, 1.54) is 6.20 Å². The molecule has 2 nitrogen and oxygen atoms in total. The number of rotatable bonds is 4. The smallest absolute Gasteiger partial charge is 0.219 e. The van der Waals surface area contributed by atoms with Crippen molar-refractivity contribution in [2.75, 3.05) is 0 Å². The highest BCUT2D eigenvalue weighted by Gasteiger charge is 2.06. The maximum atomic E-state index is 6.06. The van der Waals surface area contributed by atoms with Gasteiger partial charge in [-0.2, -0.15) is 0 Å². The Labute approximate surface area is 127 Å². The van der Waals surface area contributed by atoms with E-state index in [2.05, 4.69) is 4.98 Å². The summed E-state index contributed by atoms with van der Waals surface area (Å²) in [6.07, 6.45) is 2.38. The minimum atomic E-state index is 0.318. The van der Waals surface area contributed by atoms with E-state index in [9.17, 15) is 0 Å². The number of hydrogen-bond donors (Lipinski definition) is 0. The fourth-order valence-corrected chi connectivity index (χ4v) is 2.33. The van der Waals surface area contributed by atoms with Gasteiger partial charge in [-0.05, 0) is 35.7 Å². The number of aromatic nitrogens is 1. The molecule has 0 aliphatic carbocycles. The van der Waals surface area contributed by atoms with Crippen LogP contribution in [0.1, 0.15) is 18.1 Å². The Bertz CT molecular complexity index is 535. The number of halogens is 3. The van der Waals surface area contributed by atoms with E-state index in [1.54, 1.807) is 12.1 Å². The van der Waals surface area contributed by atoms with E-state index in [0.717, 1.165) is 22.6 Å². The van der Waals surface area contributed by atoms with Crippen molar-refractivity contribution in [3.05, 3.63) is 51.6 Å². The number of alkyl halides is 1. The van der Waals surface area contributed by atoms with Crippen LogP contribution in [0.15, 0.2) is 30.5 Å². The van der Waals surface area contributed by atoms with E-state index in [1.807, 2.05) is 19.1 Å². The zero-order valence-corrected chi connectivity index (χ0v) is 12.6. The molecule has 0 atom stereocenters. The Kier molecular flexibility index (Phi) is 4.92. The molecule has 1 aromatic carbocycles. The van der Waals surface area contributed by atoms with Crippen molar-refractivity contribution in [3.63, 3.8) is 0 Å². The van der Waals surface area contributed by atoms with Crippen LogP contribution in [-0.2, 0) is 12.3 Å². The van der Waals surface area contributed by atoms with Crippen molar-refractivity contribution in [1.29, 1.82) is 0 Å². The minimum Gasteiger partial charge on any atom is -0.439 e. The van der Waals surface area contributed by atoms with Gasteiger partial charge in [-0.25, -0.2) is 4.98 Å². The van der Waals surface area contributed by atoms with Crippen LogP contribution in [0.4, 0.5) is 0 Å². The lowest BCUT2D eigenvalue weighted by atomic mass is 10.1. The standard InChI is InChI=1S/C14H12Cl3NO/c1-2-9-5-11(3-4-12(9)16)19-14-6-10(7-15)13(17)8-18-14/h3-6,8H,2,7H2,1H3. The molecule has 0 unspecified atom stereocenters. The van der Waals surface area contributed by atoms with Crippen LogP contribution in [0.25, 0.3) is 0 Å². The first-order valence-corrected chi connectivity index (χ1v) is 7.09. The molecule has 1 aromatic heterocycles. The number of ether oxygens (including phenoxy) is 1. The molecule has 0 aliphatic rings. The Morgan fingerprint density at radius 3 is 2.58 bits per heavy atom. The first kappa shape index (κ1) is 14.4. The van der Waals surface area contributed by atoms with Gasteiger partial charge in [0.1, 0.15) is 5.75 Å². The summed E-state index contributed by atoms with van der Waals surface area (Å²) in [6.45, 7) is 2.04. The van der Waals surface area contributed by atoms with Gasteiger partial charge in [0.25, 0.3) is 0 Å². The summed E-state index contributed by atoms with van der Waals surface area (Å²) in [4.78, 5) is 4.11. The molecular formula is C14H12Cl3NO. The molecule has 5 heteroatoms. The highest BCUT2D eigenvalue weighted by molar-refractivity contribution is 6.32. The van der Waals surface area contributed by atoms with Crippen LogP contribution < -0.4 is 4.74 Å². The zero-order chi connectivity index (χ0) is 13.8. The summed E-state index contributed by atoms with van der Waals surface area (Å²) in [5.41, 5.74) is 1.82. The van der Waals surface area contributed by atoms with Gasteiger partial charge >= 0.3 is 0 Å². The third kappa shape index (κ3) is 3.53. The monoisotopic (exact) mass is 315 g/mol. The van der Waals surface area contributed by atoms with E-state index in [4.69, 9.17) is 39.5 Å². The molecule has 0 radical (unpaired) electrons. The molecule has 2 aromatic rings. The molecule has 0 fully saturated rings. The molecule has 0 bridgehead atoms. The number of aryl methyl sites for hydroxylation is 1. The maximum Gasteiger partial charge on any atom is 0.219 e. The van der Waals surface area contributed by atoms with Crippen molar-refractivity contribution in [3.8, 4) is 11.6 Å². The fourth-order valence-electron chi connectivity index (χ4n) is 1.62. The quantitative estimate of drug-likeness (QED) is 0.697. The molecule has 0 amide bonds. The van der Waals surface area contributed by atoms with Gasteiger partial charge in [-0.3, -0.25) is 0 Å². The lowest BCUT2D eigenvalue weighted by Gasteiger charge is -2.09. The van der Waals surface area contributed by atoms with E-state index in [0.29, 0.717) is 22.5 Å². The second kappa shape index (κ2) is 6.47. The topological polar surface area (TPSA) is 22.1 Å². The van der Waals surface area contributed by atoms with Crippen molar-refractivity contribution in [2.24, 2.45) is 0 Å². The second-order valence-corrected chi connectivity index (χ2v) is 5.04. The van der Waals surface area contributed by atoms with Crippen molar-refractivity contribution >= 4 is 34.8 Å². The molecule has 0 saturated heterocycles. The first-order valence-electron chi connectivity index (χ1n) is 5.80. The molecule has 2 rings (SSSR count). The van der Waals surface area contributed by atoms with E-state index < -0.39 is 0 Å². The number of pyridine rings is 1. The van der Waals surface area contributed by atoms with Crippen LogP contribution in [0, 0.1) is 0 Å². The van der Waals surface area contributed by atoms with Crippen molar-refractivity contribution < 1.29 is 4.74 Å². The summed E-state index contributed by atoms with van der Waals surface area (Å²) in [7, 11) is 0. The summed E-state index contributed by atoms with van der Waals surface area (Å²) in [5, 5.41) is 1.27. The predicted octanol–water partition coefficient (Wildman–Crippen LogP) is 5.48. The normalized spacial score (nSPS) is 10.5. The Hall–Kier alpha value is -0.960. The molecular weight excluding hydrogens is 305 g/mol. The lowest BCUT2D eigenvalue weighted by molar-refractivity contribution is 0.462. The molecule has 100 valence electrons. The number of hydrogen-bond acceptors (Lipinski definition) is 2. The third-order valence-electron chi connectivity index (χ3n) is 2.67. The Morgan fingerprint density at radius 2 is 1.89 bits per heavy atom. The van der Waals surface area contributed by atoms with Gasteiger partial charge < -0.3 is 4.74 Å². The summed E-state index contributed by atoms with van der Waals surface area (Å²) >= 11 is 17.8. The molecule has 0 aliphatic heterocycles. The van der Waals surface area contributed by atoms with Gasteiger partial charge in [-0.1, -0.05) is 30.1 Å². The lowest BCUT2D eigenvalue weighted by Crippen LogP contribution is -1.92. The highest BCUT2D eigenvalue weighted by Crippen LogP contribution is 2.28. The maximum absolute atomic E-state index is 6.06. The van der Waals surface area contributed by atoms with Crippen LogP contribution >= 0.6 is 34.8 Å². The average Bonchev–Trinajstić information content (AvgIpc) is 2.43. The van der Waals surface area contributed by atoms with Gasteiger partial charge in [0.15, 0.2) is 0 Å². The molecule has 0 spiro atoms. The SMILES string of the molecule is CCc1cc(Oc2cc(CCl)c(Cl)cn2)ccc1Cl. The van der Waals surface area contributed by atoms with E-state index >= 15 is 0 Å². The third-order valence-corrected chi connectivity index (χ3v) is 3.67. The van der Waals surface area contributed by atoms with Crippen LogP contribution in [0.3, 0.4) is 0 Å². The van der Waals surface area contributed by atoms with E-state index in [-0.39, 0.29) is 0 Å². The van der Waals surface area contributed by atoms with Gasteiger partial charge in [-0.15, -0.1) is 11.6 Å². The molecule has 0 saturated carbocycles. The summed E-state index contributed by atoms with van der Waals surface area (Å²) in [5.74, 6) is 1.47. The van der Waals surface area contributed by atoms with Crippen LogP contribution in [0.2, 0.25) is 10.0 Å². The average molecular weight is 317 g/mol. The minimum absolute atomic E-state index is 0.318. The largest absolute Gasteiger partial charge is 0.439 e. The number of nitrogens with zero attached hydrogens (tertiary/aromatic N) is 1. The summed E-state index contributed by atoms with van der Waals surface area (Å²) < 4.78 is 5.69. The Morgan fingerprint density at radius 1 is 1.11 bits per heavy atom. The fraction of sp³-hybridized carbons (Fsp3) is 0.214. The second-order valence-electron chi connectivity index (χ2n) is 3.96. The molecule has 19 heavy (non-hydrogen) atoms. The number of benzene rings is 1.